The van der Waals surface area contributed by atoms with Crippen LogP contribution in [0.5, 0.6) is 17.2 Å². The van der Waals surface area contributed by atoms with Crippen LogP contribution in [0.3, 0.4) is 0 Å². The number of thioether (sulfide) groups is 3. The summed E-state index contributed by atoms with van der Waals surface area (Å²) < 4.78 is 17.0. The van der Waals surface area contributed by atoms with Gasteiger partial charge in [-0.05, 0) is 35.4 Å². The van der Waals surface area contributed by atoms with E-state index in [9.17, 15) is 9.59 Å². The Labute approximate surface area is 267 Å². The highest BCUT2D eigenvalue weighted by atomic mass is 32.2. The molecule has 2 rings (SSSR count). The summed E-state index contributed by atoms with van der Waals surface area (Å²) in [7, 11) is 0. The Kier molecular flexibility index (Phi) is 17.6. The Morgan fingerprint density at radius 1 is 0.674 bits per heavy atom. The highest BCUT2D eigenvalue weighted by molar-refractivity contribution is 7.99. The lowest BCUT2D eigenvalue weighted by Crippen LogP contribution is -2.36. The number of esters is 2. The summed E-state index contributed by atoms with van der Waals surface area (Å²) in [5, 5.41) is 0. The van der Waals surface area contributed by atoms with Crippen molar-refractivity contribution >= 4 is 59.4 Å². The highest BCUT2D eigenvalue weighted by Gasteiger charge is 2.17. The molecule has 0 radical (unpaired) electrons. The zero-order chi connectivity index (χ0) is 31.5. The van der Waals surface area contributed by atoms with E-state index in [0.29, 0.717) is 46.9 Å². The van der Waals surface area contributed by atoms with Gasteiger partial charge in [0.05, 0.1) is 0 Å². The molecule has 0 saturated heterocycles. The molecule has 0 heterocycles. The van der Waals surface area contributed by atoms with Gasteiger partial charge in [0.2, 0.25) is 0 Å². The lowest BCUT2D eigenvalue weighted by Gasteiger charge is -2.15. The molecule has 0 spiro atoms. The summed E-state index contributed by atoms with van der Waals surface area (Å²) >= 11 is 4.69. The minimum Gasteiger partial charge on any atom is -0.492 e. The van der Waals surface area contributed by atoms with E-state index in [-0.39, 0.29) is 6.04 Å². The van der Waals surface area contributed by atoms with Gasteiger partial charge in [-0.3, -0.25) is 0 Å². The Morgan fingerprint density at radius 2 is 1.16 bits per heavy atom. The van der Waals surface area contributed by atoms with E-state index in [1.165, 1.54) is 23.5 Å². The first-order valence-electron chi connectivity index (χ1n) is 13.6. The minimum atomic E-state index is -0.781. The second kappa shape index (κ2) is 20.9. The van der Waals surface area contributed by atoms with Gasteiger partial charge in [-0.1, -0.05) is 42.5 Å². The standard InChI is InChI=1S/C32H41N3O5S3/c1-4-13-41-20-25(33)19-38-27-16-24(17-28(18-27)40-32(37)30(35)22-43-15-6-3)8-7-23-9-11-26(12-10-23)39-31(36)29(34)21-42-14-5-2/h4-12,16-18,25,29-30H,1-3,13-15,19-22,33-35H2/b8-7+. The summed E-state index contributed by atoms with van der Waals surface area (Å²) in [4.78, 5) is 24.9. The minimum absolute atomic E-state index is 0.182. The molecular formula is C32H41N3O5S3. The first kappa shape index (κ1) is 36.3. The van der Waals surface area contributed by atoms with Gasteiger partial charge in [0.15, 0.2) is 0 Å². The van der Waals surface area contributed by atoms with Crippen molar-refractivity contribution in [2.75, 3.05) is 41.1 Å². The van der Waals surface area contributed by atoms with Gasteiger partial charge < -0.3 is 31.4 Å². The molecule has 0 saturated carbocycles. The van der Waals surface area contributed by atoms with Crippen LogP contribution in [0.2, 0.25) is 0 Å². The lowest BCUT2D eigenvalue weighted by molar-refractivity contribution is -0.136. The van der Waals surface area contributed by atoms with E-state index >= 15 is 0 Å². The summed E-state index contributed by atoms with van der Waals surface area (Å²) in [6, 6.07) is 10.6. The van der Waals surface area contributed by atoms with Crippen LogP contribution >= 0.6 is 35.3 Å². The van der Waals surface area contributed by atoms with Crippen molar-refractivity contribution in [2.45, 2.75) is 18.1 Å². The number of hydrogen-bond acceptors (Lipinski definition) is 11. The number of carbonyl (C=O) groups is 2. The summed E-state index contributed by atoms with van der Waals surface area (Å²) in [6.45, 7) is 11.3. The quantitative estimate of drug-likeness (QED) is 0.0569. The average molecular weight is 644 g/mol. The molecule has 43 heavy (non-hydrogen) atoms. The fourth-order valence-corrected chi connectivity index (χ4v) is 5.39. The first-order chi connectivity index (χ1) is 20.7. The zero-order valence-electron chi connectivity index (χ0n) is 24.2. The maximum Gasteiger partial charge on any atom is 0.329 e. The normalized spacial score (nSPS) is 13.1. The summed E-state index contributed by atoms with van der Waals surface area (Å²) in [5.41, 5.74) is 19.7. The third-order valence-electron chi connectivity index (χ3n) is 5.39. The van der Waals surface area contributed by atoms with Crippen molar-refractivity contribution in [2.24, 2.45) is 17.2 Å². The maximum absolute atomic E-state index is 12.6. The van der Waals surface area contributed by atoms with Crippen LogP contribution in [0.4, 0.5) is 0 Å². The number of rotatable bonds is 21. The molecule has 0 aromatic heterocycles. The average Bonchev–Trinajstić information content (AvgIpc) is 2.99. The topological polar surface area (TPSA) is 140 Å². The summed E-state index contributed by atoms with van der Waals surface area (Å²) in [5.74, 6) is 4.00. The van der Waals surface area contributed by atoms with E-state index in [4.69, 9.17) is 31.4 Å². The molecule has 0 fully saturated rings. The van der Waals surface area contributed by atoms with Crippen molar-refractivity contribution in [3.8, 4) is 17.2 Å². The largest absolute Gasteiger partial charge is 0.492 e. The van der Waals surface area contributed by atoms with E-state index in [1.54, 1.807) is 48.2 Å². The number of hydrogen-bond donors (Lipinski definition) is 3. The van der Waals surface area contributed by atoms with Gasteiger partial charge in [0.1, 0.15) is 35.9 Å². The van der Waals surface area contributed by atoms with E-state index in [1.807, 2.05) is 36.4 Å². The SMILES string of the molecule is C=CCSCC(N)COc1cc(/C=C/c2ccc(OC(=O)C(N)CSCC=C)cc2)cc(OC(=O)C(N)CSCC=C)c1. The predicted octanol–water partition coefficient (Wildman–Crippen LogP) is 4.79. The number of benzene rings is 2. The van der Waals surface area contributed by atoms with Gasteiger partial charge >= 0.3 is 11.9 Å². The predicted molar refractivity (Wildman–Crippen MR) is 185 cm³/mol. The monoisotopic (exact) mass is 643 g/mol. The van der Waals surface area contributed by atoms with Crippen LogP contribution in [0.15, 0.2) is 80.4 Å². The Morgan fingerprint density at radius 3 is 1.72 bits per heavy atom. The smallest absolute Gasteiger partial charge is 0.329 e. The van der Waals surface area contributed by atoms with Crippen molar-refractivity contribution in [3.63, 3.8) is 0 Å². The second-order valence-corrected chi connectivity index (χ2v) is 12.5. The van der Waals surface area contributed by atoms with Crippen LogP contribution in [0.25, 0.3) is 12.2 Å². The van der Waals surface area contributed by atoms with Crippen molar-refractivity contribution in [1.82, 2.24) is 0 Å². The second-order valence-electron chi connectivity index (χ2n) is 9.24. The van der Waals surface area contributed by atoms with Crippen LogP contribution in [0, 0.1) is 0 Å². The molecular weight excluding hydrogens is 603 g/mol. The molecule has 0 amide bonds. The number of ether oxygens (including phenoxy) is 3. The molecule has 0 bridgehead atoms. The van der Waals surface area contributed by atoms with Gasteiger partial charge in [-0.15, -0.1) is 19.7 Å². The Bertz CT molecular complexity index is 1220. The van der Waals surface area contributed by atoms with E-state index < -0.39 is 24.0 Å². The molecule has 8 nitrogen and oxygen atoms in total. The number of nitrogens with two attached hydrogens (primary N) is 3. The van der Waals surface area contributed by atoms with Gasteiger partial charge in [0, 0.05) is 46.6 Å². The van der Waals surface area contributed by atoms with Crippen molar-refractivity contribution in [3.05, 3.63) is 91.6 Å². The highest BCUT2D eigenvalue weighted by Crippen LogP contribution is 2.26. The Hall–Kier alpha value is -2.93. The van der Waals surface area contributed by atoms with Crippen molar-refractivity contribution in [1.29, 1.82) is 0 Å². The Balaban J connectivity index is 2.12. The molecule has 2 aromatic carbocycles. The summed E-state index contributed by atoms with van der Waals surface area (Å²) in [6.07, 6.45) is 9.08. The third kappa shape index (κ3) is 14.9. The molecule has 3 atom stereocenters. The van der Waals surface area contributed by atoms with Gasteiger partial charge in [-0.2, -0.15) is 35.3 Å². The fourth-order valence-electron chi connectivity index (χ4n) is 3.30. The zero-order valence-corrected chi connectivity index (χ0v) is 26.7. The molecule has 0 aliphatic rings. The molecule has 11 heteroatoms. The van der Waals surface area contributed by atoms with Gasteiger partial charge in [-0.25, -0.2) is 9.59 Å². The first-order valence-corrected chi connectivity index (χ1v) is 17.0. The van der Waals surface area contributed by atoms with E-state index in [0.717, 1.165) is 22.6 Å². The maximum atomic E-state index is 12.6. The molecule has 0 aliphatic carbocycles. The van der Waals surface area contributed by atoms with Crippen LogP contribution in [-0.2, 0) is 9.59 Å². The fraction of sp³-hybridized carbons (Fsp3) is 0.312. The molecule has 2 aromatic rings. The van der Waals surface area contributed by atoms with Crippen LogP contribution in [0.1, 0.15) is 11.1 Å². The molecule has 232 valence electrons. The van der Waals surface area contributed by atoms with Gasteiger partial charge in [0.25, 0.3) is 0 Å². The third-order valence-corrected chi connectivity index (χ3v) is 8.66. The van der Waals surface area contributed by atoms with Crippen LogP contribution < -0.4 is 31.4 Å². The molecule has 3 unspecified atom stereocenters. The van der Waals surface area contributed by atoms with Crippen LogP contribution in [-0.4, -0.2) is 71.2 Å². The van der Waals surface area contributed by atoms with E-state index in [2.05, 4.69) is 19.7 Å². The molecule has 0 aliphatic heterocycles. The van der Waals surface area contributed by atoms with Crippen molar-refractivity contribution < 1.29 is 23.8 Å². The molecule has 6 N–H and O–H groups in total. The lowest BCUT2D eigenvalue weighted by atomic mass is 10.1. The number of carbonyl (C=O) groups excluding carboxylic acids is 2.